The van der Waals surface area contributed by atoms with E-state index in [9.17, 15) is 4.79 Å². The van der Waals surface area contributed by atoms with E-state index in [1.165, 1.54) is 0 Å². The van der Waals surface area contributed by atoms with Gasteiger partial charge in [0, 0.05) is 19.7 Å². The second kappa shape index (κ2) is 6.50. The number of anilines is 1. The average molecular weight is 370 g/mol. The minimum absolute atomic E-state index is 0.287. The van der Waals surface area contributed by atoms with Gasteiger partial charge in [0.05, 0.1) is 19.4 Å². The molecule has 3 heterocycles. The Bertz CT molecular complexity index is 551. The van der Waals surface area contributed by atoms with Crippen LogP contribution in [0.2, 0.25) is 0 Å². The van der Waals surface area contributed by atoms with Crippen molar-refractivity contribution in [3.63, 3.8) is 0 Å². The van der Waals surface area contributed by atoms with Crippen LogP contribution in [0.25, 0.3) is 0 Å². The standard InChI is InChI=1S/C15H20BrN3O3/c1-2-22-14(20)12-13(17-9-11(16)18-12)19-6-3-15(4-7-19)5-8-21-10-15/h9H,2-8,10H2,1H3. The Hall–Kier alpha value is -1.21. The number of hydrogen-bond acceptors (Lipinski definition) is 6. The summed E-state index contributed by atoms with van der Waals surface area (Å²) in [6, 6.07) is 0. The van der Waals surface area contributed by atoms with Gasteiger partial charge in [-0.3, -0.25) is 0 Å². The highest BCUT2D eigenvalue weighted by Crippen LogP contribution is 2.40. The summed E-state index contributed by atoms with van der Waals surface area (Å²) >= 11 is 3.27. The van der Waals surface area contributed by atoms with Crippen molar-refractivity contribution in [1.82, 2.24) is 9.97 Å². The molecule has 0 amide bonds. The Kier molecular flexibility index (Phi) is 4.63. The minimum Gasteiger partial charge on any atom is -0.461 e. The van der Waals surface area contributed by atoms with Crippen molar-refractivity contribution in [3.05, 3.63) is 16.5 Å². The summed E-state index contributed by atoms with van der Waals surface area (Å²) in [5, 5.41) is 0. The van der Waals surface area contributed by atoms with Crippen molar-refractivity contribution < 1.29 is 14.3 Å². The molecule has 0 bridgehead atoms. The van der Waals surface area contributed by atoms with Crippen molar-refractivity contribution in [2.24, 2.45) is 5.41 Å². The molecule has 2 fully saturated rings. The Morgan fingerprint density at radius 2 is 2.23 bits per heavy atom. The molecule has 0 aliphatic carbocycles. The van der Waals surface area contributed by atoms with Crippen LogP contribution < -0.4 is 4.90 Å². The number of esters is 1. The molecule has 6 nitrogen and oxygen atoms in total. The molecule has 0 unspecified atom stereocenters. The van der Waals surface area contributed by atoms with Crippen LogP contribution in [0.4, 0.5) is 5.82 Å². The van der Waals surface area contributed by atoms with Crippen LogP contribution in [-0.4, -0.2) is 48.8 Å². The monoisotopic (exact) mass is 369 g/mol. The maximum atomic E-state index is 12.1. The summed E-state index contributed by atoms with van der Waals surface area (Å²) in [6.07, 6.45) is 4.89. The lowest BCUT2D eigenvalue weighted by Crippen LogP contribution is -2.41. The molecule has 1 aromatic heterocycles. The second-order valence-corrected chi connectivity index (χ2v) is 6.69. The normalized spacial score (nSPS) is 20.4. The first-order valence-corrected chi connectivity index (χ1v) is 8.45. The Labute approximate surface area is 138 Å². The van der Waals surface area contributed by atoms with Crippen molar-refractivity contribution >= 4 is 27.7 Å². The number of carbonyl (C=O) groups excluding carboxylic acids is 1. The van der Waals surface area contributed by atoms with E-state index in [1.807, 2.05) is 0 Å². The Morgan fingerprint density at radius 3 is 2.86 bits per heavy atom. The van der Waals surface area contributed by atoms with Crippen LogP contribution in [0.5, 0.6) is 0 Å². The van der Waals surface area contributed by atoms with Crippen LogP contribution in [-0.2, 0) is 9.47 Å². The lowest BCUT2D eigenvalue weighted by Gasteiger charge is -2.39. The molecule has 0 N–H and O–H groups in total. The molecule has 3 rings (SSSR count). The van der Waals surface area contributed by atoms with Gasteiger partial charge in [0.1, 0.15) is 4.60 Å². The van der Waals surface area contributed by atoms with Gasteiger partial charge in [0.25, 0.3) is 0 Å². The van der Waals surface area contributed by atoms with Gasteiger partial charge in [-0.05, 0) is 47.5 Å². The second-order valence-electron chi connectivity index (χ2n) is 5.88. The SMILES string of the molecule is CCOC(=O)c1nc(Br)cnc1N1CCC2(CCOC2)CC1. The number of ether oxygens (including phenoxy) is 2. The van der Waals surface area contributed by atoms with Gasteiger partial charge in [-0.15, -0.1) is 0 Å². The highest BCUT2D eigenvalue weighted by molar-refractivity contribution is 9.10. The molecule has 2 aliphatic heterocycles. The molecule has 7 heteroatoms. The number of nitrogens with zero attached hydrogens (tertiary/aromatic N) is 3. The van der Waals surface area contributed by atoms with E-state index < -0.39 is 5.97 Å². The molecule has 22 heavy (non-hydrogen) atoms. The summed E-state index contributed by atoms with van der Waals surface area (Å²) in [7, 11) is 0. The van der Waals surface area contributed by atoms with Gasteiger partial charge in [-0.25, -0.2) is 14.8 Å². The van der Waals surface area contributed by atoms with Gasteiger partial charge in [-0.1, -0.05) is 0 Å². The molecule has 2 saturated heterocycles. The van der Waals surface area contributed by atoms with Gasteiger partial charge < -0.3 is 14.4 Å². The van der Waals surface area contributed by atoms with Crippen LogP contribution >= 0.6 is 15.9 Å². The first-order valence-electron chi connectivity index (χ1n) is 7.66. The summed E-state index contributed by atoms with van der Waals surface area (Å²) in [6.45, 7) is 5.57. The van der Waals surface area contributed by atoms with E-state index in [0.717, 1.165) is 45.6 Å². The quantitative estimate of drug-likeness (QED) is 0.762. The fraction of sp³-hybridized carbons (Fsp3) is 0.667. The third kappa shape index (κ3) is 3.10. The molecule has 1 aromatic rings. The van der Waals surface area contributed by atoms with E-state index in [2.05, 4.69) is 30.8 Å². The molecular weight excluding hydrogens is 350 g/mol. The summed E-state index contributed by atoms with van der Waals surface area (Å²) in [4.78, 5) is 22.9. The zero-order valence-electron chi connectivity index (χ0n) is 12.7. The number of halogens is 1. The third-order valence-corrected chi connectivity index (χ3v) is 4.88. The van der Waals surface area contributed by atoms with Gasteiger partial charge >= 0.3 is 5.97 Å². The predicted molar refractivity (Wildman–Crippen MR) is 85.0 cm³/mol. The fourth-order valence-electron chi connectivity index (χ4n) is 3.17. The first-order chi connectivity index (χ1) is 10.6. The Balaban J connectivity index is 1.78. The summed E-state index contributed by atoms with van der Waals surface area (Å²) in [5.41, 5.74) is 0.610. The molecule has 120 valence electrons. The maximum Gasteiger partial charge on any atom is 0.360 e. The first kappa shape index (κ1) is 15.7. The molecule has 1 spiro atoms. The lowest BCUT2D eigenvalue weighted by molar-refractivity contribution is 0.0519. The van der Waals surface area contributed by atoms with Crippen LogP contribution in [0, 0.1) is 5.41 Å². The highest BCUT2D eigenvalue weighted by Gasteiger charge is 2.39. The van der Waals surface area contributed by atoms with E-state index >= 15 is 0 Å². The fourth-order valence-corrected chi connectivity index (χ4v) is 3.45. The maximum absolute atomic E-state index is 12.1. The largest absolute Gasteiger partial charge is 0.461 e. The zero-order valence-corrected chi connectivity index (χ0v) is 14.3. The number of piperidine rings is 1. The van der Waals surface area contributed by atoms with Crippen molar-refractivity contribution in [3.8, 4) is 0 Å². The van der Waals surface area contributed by atoms with E-state index in [4.69, 9.17) is 9.47 Å². The van der Waals surface area contributed by atoms with Gasteiger partial charge in [-0.2, -0.15) is 0 Å². The highest BCUT2D eigenvalue weighted by atomic mass is 79.9. The van der Waals surface area contributed by atoms with E-state index in [1.54, 1.807) is 13.1 Å². The number of rotatable bonds is 3. The van der Waals surface area contributed by atoms with E-state index in [-0.39, 0.29) is 5.69 Å². The zero-order chi connectivity index (χ0) is 15.6. The van der Waals surface area contributed by atoms with Crippen molar-refractivity contribution in [1.29, 1.82) is 0 Å². The predicted octanol–water partition coefficient (Wildman–Crippen LogP) is 2.42. The molecule has 0 saturated carbocycles. The van der Waals surface area contributed by atoms with E-state index in [0.29, 0.717) is 22.4 Å². The topological polar surface area (TPSA) is 64.5 Å². The number of aromatic nitrogens is 2. The van der Waals surface area contributed by atoms with Crippen molar-refractivity contribution in [2.75, 3.05) is 37.8 Å². The molecular formula is C15H20BrN3O3. The number of hydrogen-bond donors (Lipinski definition) is 0. The average Bonchev–Trinajstić information content (AvgIpc) is 2.97. The molecule has 0 atom stereocenters. The number of carbonyl (C=O) groups is 1. The third-order valence-electron chi connectivity index (χ3n) is 4.50. The Morgan fingerprint density at radius 1 is 1.45 bits per heavy atom. The molecule has 2 aliphatic rings. The lowest BCUT2D eigenvalue weighted by atomic mass is 9.78. The molecule has 0 radical (unpaired) electrons. The van der Waals surface area contributed by atoms with Crippen LogP contribution in [0.15, 0.2) is 10.8 Å². The van der Waals surface area contributed by atoms with Crippen molar-refractivity contribution in [2.45, 2.75) is 26.2 Å². The summed E-state index contributed by atoms with van der Waals surface area (Å²) < 4.78 is 11.2. The smallest absolute Gasteiger partial charge is 0.360 e. The molecule has 0 aromatic carbocycles. The van der Waals surface area contributed by atoms with Gasteiger partial charge in [0.15, 0.2) is 11.5 Å². The summed E-state index contributed by atoms with van der Waals surface area (Å²) in [5.74, 6) is 0.200. The minimum atomic E-state index is -0.421. The van der Waals surface area contributed by atoms with Gasteiger partial charge in [0.2, 0.25) is 0 Å². The van der Waals surface area contributed by atoms with Crippen LogP contribution in [0.1, 0.15) is 36.7 Å². The van der Waals surface area contributed by atoms with Crippen LogP contribution in [0.3, 0.4) is 0 Å².